The van der Waals surface area contributed by atoms with Crippen molar-refractivity contribution in [3.63, 3.8) is 0 Å². The Balaban J connectivity index is 1.55. The van der Waals surface area contributed by atoms with Crippen molar-refractivity contribution in [2.75, 3.05) is 26.2 Å². The van der Waals surface area contributed by atoms with E-state index in [1.807, 2.05) is 12.1 Å². The second kappa shape index (κ2) is 8.68. The molecule has 1 fully saturated rings. The summed E-state index contributed by atoms with van der Waals surface area (Å²) in [4.78, 5) is 1.59. The molecule has 1 saturated heterocycles. The van der Waals surface area contributed by atoms with Crippen molar-refractivity contribution < 1.29 is 10.0 Å². The summed E-state index contributed by atoms with van der Waals surface area (Å²) in [7, 11) is 0. The Kier molecular flexibility index (Phi) is 6.56. The van der Waals surface area contributed by atoms with Gasteiger partial charge in [0.15, 0.2) is 0 Å². The number of nitrogens with one attached hydrogen (secondary N) is 1. The number of quaternary nitrogens is 1. The summed E-state index contributed by atoms with van der Waals surface area (Å²) in [5.41, 5.74) is 3.37. The highest BCUT2D eigenvalue weighted by atomic mass is 127. The largest absolute Gasteiger partial charge is 0.871 e. The van der Waals surface area contributed by atoms with Gasteiger partial charge < -0.3 is 10.0 Å². The molecule has 132 valence electrons. The third kappa shape index (κ3) is 5.30. The molecule has 0 spiro atoms. The number of nitrogens with zero attached hydrogens (tertiary/aromatic N) is 2. The first kappa shape index (κ1) is 18.9. The fourth-order valence-electron chi connectivity index (χ4n) is 2.92. The maximum absolute atomic E-state index is 12.1. The number of hydrogen-bond acceptors (Lipinski definition) is 3. The summed E-state index contributed by atoms with van der Waals surface area (Å²) in [6, 6.07) is 12.6. The number of piperazine rings is 1. The second-order valence-corrected chi connectivity index (χ2v) is 8.82. The normalized spacial score (nSPS) is 15.9. The molecule has 3 rings (SSSR count). The highest BCUT2D eigenvalue weighted by Gasteiger charge is 2.18. The number of benzene rings is 2. The third-order valence-corrected chi connectivity index (χ3v) is 5.84. The number of rotatable bonds is 4. The van der Waals surface area contributed by atoms with E-state index in [1.54, 1.807) is 11.1 Å². The minimum atomic E-state index is 0.0633. The van der Waals surface area contributed by atoms with Crippen LogP contribution in [0.15, 0.2) is 41.5 Å². The predicted molar refractivity (Wildman–Crippen MR) is 116 cm³/mol. The van der Waals surface area contributed by atoms with Crippen LogP contribution in [-0.2, 0) is 6.54 Å². The van der Waals surface area contributed by atoms with E-state index in [-0.39, 0.29) is 5.75 Å². The first-order chi connectivity index (χ1) is 12.0. The van der Waals surface area contributed by atoms with Crippen LogP contribution in [0, 0.1) is 14.1 Å². The molecule has 1 aliphatic rings. The van der Waals surface area contributed by atoms with E-state index in [0.29, 0.717) is 5.56 Å². The molecule has 1 N–H and O–H groups in total. The maximum Gasteiger partial charge on any atom is 0.103 e. The van der Waals surface area contributed by atoms with Crippen molar-refractivity contribution in [1.29, 1.82) is 0 Å². The number of hydrogen-bond donors (Lipinski definition) is 1. The van der Waals surface area contributed by atoms with Crippen LogP contribution < -0.4 is 10.0 Å². The molecule has 4 nitrogen and oxygen atoms in total. The zero-order chi connectivity index (χ0) is 17.8. The molecule has 0 bridgehead atoms. The summed E-state index contributed by atoms with van der Waals surface area (Å²) < 4.78 is 1.81. The van der Waals surface area contributed by atoms with E-state index in [2.05, 4.69) is 86.5 Å². The summed E-state index contributed by atoms with van der Waals surface area (Å²) in [6.45, 7) is 7.17. The lowest BCUT2D eigenvalue weighted by molar-refractivity contribution is -0.918. The third-order valence-electron chi connectivity index (χ3n) is 4.42. The quantitative estimate of drug-likeness (QED) is 0.459. The molecule has 0 atom stereocenters. The van der Waals surface area contributed by atoms with Crippen molar-refractivity contribution in [2.24, 2.45) is 5.10 Å². The van der Waals surface area contributed by atoms with Crippen LogP contribution in [0.1, 0.15) is 16.7 Å². The van der Waals surface area contributed by atoms with Gasteiger partial charge >= 0.3 is 0 Å². The fraction of sp³-hybridized carbons (Fsp3) is 0.316. The average Bonchev–Trinajstić information content (AvgIpc) is 2.60. The Morgan fingerprint density at radius 2 is 1.84 bits per heavy atom. The van der Waals surface area contributed by atoms with Crippen LogP contribution in [0.4, 0.5) is 0 Å². The van der Waals surface area contributed by atoms with Gasteiger partial charge in [-0.05, 0) is 69.8 Å². The molecule has 1 aliphatic heterocycles. The highest BCUT2D eigenvalue weighted by molar-refractivity contribution is 14.1. The van der Waals surface area contributed by atoms with E-state index in [1.165, 1.54) is 11.1 Å². The highest BCUT2D eigenvalue weighted by Crippen LogP contribution is 2.23. The molecule has 0 amide bonds. The van der Waals surface area contributed by atoms with Crippen molar-refractivity contribution in [1.82, 2.24) is 5.01 Å². The van der Waals surface area contributed by atoms with E-state index in [0.717, 1.165) is 39.9 Å². The molecule has 0 unspecified atom stereocenters. The Hall–Kier alpha value is -0.870. The average molecular weight is 561 g/mol. The van der Waals surface area contributed by atoms with E-state index < -0.39 is 0 Å². The monoisotopic (exact) mass is 561 g/mol. The zero-order valence-corrected chi connectivity index (χ0v) is 18.5. The maximum atomic E-state index is 12.1. The van der Waals surface area contributed by atoms with Gasteiger partial charge in [-0.2, -0.15) is 5.10 Å². The van der Waals surface area contributed by atoms with Gasteiger partial charge in [0, 0.05) is 12.7 Å². The molecule has 0 saturated carbocycles. The van der Waals surface area contributed by atoms with Crippen LogP contribution in [0.5, 0.6) is 5.75 Å². The van der Waals surface area contributed by atoms with Gasteiger partial charge in [-0.25, -0.2) is 0 Å². The molecule has 0 aromatic heterocycles. The molecule has 1 heterocycles. The SMILES string of the molecule is Cc1ccc(C[NH+]2CCN(/N=C/c3cc(I)cc(I)c3[O-])CC2)cc1. The molecule has 25 heavy (non-hydrogen) atoms. The van der Waals surface area contributed by atoms with Crippen LogP contribution in [0.3, 0.4) is 0 Å². The predicted octanol–water partition coefficient (Wildman–Crippen LogP) is 2.01. The van der Waals surface area contributed by atoms with Gasteiger partial charge in [0.05, 0.1) is 32.4 Å². The van der Waals surface area contributed by atoms with Crippen molar-refractivity contribution in [3.05, 3.63) is 60.2 Å². The molecule has 0 radical (unpaired) electrons. The first-order valence-corrected chi connectivity index (χ1v) is 10.5. The Labute approximate surface area is 176 Å². The van der Waals surface area contributed by atoms with Crippen LogP contribution >= 0.6 is 45.2 Å². The zero-order valence-electron chi connectivity index (χ0n) is 14.1. The minimum Gasteiger partial charge on any atom is -0.871 e. The first-order valence-electron chi connectivity index (χ1n) is 8.35. The van der Waals surface area contributed by atoms with Crippen molar-refractivity contribution in [2.45, 2.75) is 13.5 Å². The van der Waals surface area contributed by atoms with Crippen LogP contribution in [0.2, 0.25) is 0 Å². The van der Waals surface area contributed by atoms with Gasteiger partial charge in [-0.3, -0.25) is 5.01 Å². The van der Waals surface area contributed by atoms with Gasteiger partial charge in [-0.1, -0.05) is 35.6 Å². The van der Waals surface area contributed by atoms with E-state index >= 15 is 0 Å². The van der Waals surface area contributed by atoms with Crippen molar-refractivity contribution in [3.8, 4) is 5.75 Å². The standard InChI is InChI=1S/C19H21I2N3O/c1-14-2-4-15(5-3-14)13-23-6-8-24(9-7-23)22-12-16-10-17(20)11-18(21)19(16)25/h2-5,10-12,25H,6-9,13H2,1H3/b22-12+. The summed E-state index contributed by atoms with van der Waals surface area (Å²) in [6.07, 6.45) is 1.72. The summed E-state index contributed by atoms with van der Waals surface area (Å²) >= 11 is 4.32. The lowest BCUT2D eigenvalue weighted by Crippen LogP contribution is -3.13. The Morgan fingerprint density at radius 3 is 2.52 bits per heavy atom. The van der Waals surface area contributed by atoms with Gasteiger partial charge in [-0.15, -0.1) is 0 Å². The summed E-state index contributed by atoms with van der Waals surface area (Å²) in [5.74, 6) is 0.0633. The van der Waals surface area contributed by atoms with E-state index in [9.17, 15) is 5.11 Å². The lowest BCUT2D eigenvalue weighted by Gasteiger charge is -2.30. The molecule has 2 aromatic carbocycles. The smallest absolute Gasteiger partial charge is 0.103 e. The van der Waals surface area contributed by atoms with Crippen LogP contribution in [-0.4, -0.2) is 37.4 Å². The topological polar surface area (TPSA) is 43.1 Å². The number of aryl methyl sites for hydroxylation is 1. The molecular formula is C19H21I2N3O. The number of hydrazone groups is 1. The van der Waals surface area contributed by atoms with Gasteiger partial charge in [0.1, 0.15) is 6.54 Å². The Morgan fingerprint density at radius 1 is 1.16 bits per heavy atom. The van der Waals surface area contributed by atoms with Crippen LogP contribution in [0.25, 0.3) is 0 Å². The fourth-order valence-corrected chi connectivity index (χ4v) is 4.81. The molecule has 2 aromatic rings. The molecule has 0 aliphatic carbocycles. The van der Waals surface area contributed by atoms with E-state index in [4.69, 9.17) is 0 Å². The molecular weight excluding hydrogens is 540 g/mol. The number of halogens is 2. The summed E-state index contributed by atoms with van der Waals surface area (Å²) in [5, 5.41) is 18.8. The Bertz CT molecular complexity index is 754. The van der Waals surface area contributed by atoms with Gasteiger partial charge in [0.25, 0.3) is 0 Å². The molecule has 6 heteroatoms. The lowest BCUT2D eigenvalue weighted by atomic mass is 10.1. The van der Waals surface area contributed by atoms with Gasteiger partial charge in [0.2, 0.25) is 0 Å². The van der Waals surface area contributed by atoms with Crippen molar-refractivity contribution >= 4 is 51.4 Å². The minimum absolute atomic E-state index is 0.0633. The second-order valence-electron chi connectivity index (χ2n) is 6.42.